The van der Waals surface area contributed by atoms with Gasteiger partial charge in [0.15, 0.2) is 0 Å². The second kappa shape index (κ2) is 5.94. The number of hydrogen-bond acceptors (Lipinski definition) is 2. The second-order valence-electron chi connectivity index (χ2n) is 4.80. The molecule has 0 spiro atoms. The molecular formula is C18H13N2Na. The molecule has 4 rings (SSSR count). The van der Waals surface area contributed by atoms with Crippen molar-refractivity contribution in [3.63, 3.8) is 0 Å². The predicted octanol–water partition coefficient (Wildman–Crippen LogP) is 1.57. The van der Waals surface area contributed by atoms with Gasteiger partial charge in [0, 0.05) is 30.2 Å². The zero-order valence-corrected chi connectivity index (χ0v) is 13.8. The van der Waals surface area contributed by atoms with E-state index in [0.29, 0.717) is 0 Å². The van der Waals surface area contributed by atoms with E-state index in [4.69, 9.17) is 0 Å². The van der Waals surface area contributed by atoms with E-state index in [2.05, 4.69) is 46.4 Å². The first-order valence-electron chi connectivity index (χ1n) is 6.59. The van der Waals surface area contributed by atoms with E-state index < -0.39 is 0 Å². The van der Waals surface area contributed by atoms with Gasteiger partial charge in [-0.3, -0.25) is 9.97 Å². The Kier molecular flexibility index (Phi) is 4.02. The Morgan fingerprint density at radius 3 is 2.33 bits per heavy atom. The summed E-state index contributed by atoms with van der Waals surface area (Å²) >= 11 is 0. The van der Waals surface area contributed by atoms with Crippen LogP contribution in [-0.4, -0.2) is 9.97 Å². The molecule has 0 unspecified atom stereocenters. The second-order valence-corrected chi connectivity index (χ2v) is 4.80. The first-order chi connectivity index (χ1) is 9.93. The number of hydrogen-bond donors (Lipinski definition) is 0. The van der Waals surface area contributed by atoms with E-state index in [-0.39, 0.29) is 31.0 Å². The number of fused-ring (bicyclic) bond motifs is 3. The molecule has 2 aromatic carbocycles. The van der Waals surface area contributed by atoms with Gasteiger partial charge in [-0.1, -0.05) is 24.3 Å². The standard InChI is InChI=1S/C18H12N2.Na.H/c1-2-4-15-14(3-1)11-17(13-5-8-19-9-6-13)16-7-10-20-12-18(15)16;;/h1-12H;;/q;+1;-1. The minimum absolute atomic E-state index is 0. The first-order valence-corrected chi connectivity index (χ1v) is 6.59. The van der Waals surface area contributed by atoms with Crippen molar-refractivity contribution in [3.05, 3.63) is 73.3 Å². The summed E-state index contributed by atoms with van der Waals surface area (Å²) in [5.41, 5.74) is 2.41. The van der Waals surface area contributed by atoms with Gasteiger partial charge in [-0.25, -0.2) is 0 Å². The number of aromatic nitrogens is 2. The number of benzene rings is 2. The zero-order chi connectivity index (χ0) is 13.4. The van der Waals surface area contributed by atoms with Gasteiger partial charge in [-0.15, -0.1) is 0 Å². The van der Waals surface area contributed by atoms with Gasteiger partial charge in [-0.05, 0) is 51.6 Å². The van der Waals surface area contributed by atoms with Crippen LogP contribution in [0.15, 0.2) is 73.3 Å². The summed E-state index contributed by atoms with van der Waals surface area (Å²) in [6, 6.07) is 16.8. The maximum Gasteiger partial charge on any atom is 1.00 e. The van der Waals surface area contributed by atoms with E-state index in [1.807, 2.05) is 36.9 Å². The van der Waals surface area contributed by atoms with Gasteiger partial charge in [0.05, 0.1) is 0 Å². The monoisotopic (exact) mass is 280 g/mol. The first kappa shape index (κ1) is 14.2. The van der Waals surface area contributed by atoms with Gasteiger partial charge in [0.1, 0.15) is 0 Å². The van der Waals surface area contributed by atoms with Crippen LogP contribution in [0.4, 0.5) is 0 Å². The molecule has 0 aliphatic heterocycles. The smallest absolute Gasteiger partial charge is 1.00 e. The molecule has 96 valence electrons. The average Bonchev–Trinajstić information content (AvgIpc) is 2.55. The molecule has 2 aromatic heterocycles. The Labute approximate surface area is 146 Å². The fourth-order valence-corrected chi connectivity index (χ4v) is 2.72. The molecule has 0 N–H and O–H groups in total. The van der Waals surface area contributed by atoms with Crippen molar-refractivity contribution >= 4 is 21.5 Å². The molecule has 0 saturated heterocycles. The average molecular weight is 280 g/mol. The Morgan fingerprint density at radius 2 is 1.48 bits per heavy atom. The third kappa shape index (κ3) is 2.46. The summed E-state index contributed by atoms with van der Waals surface area (Å²) < 4.78 is 0. The molecule has 0 aliphatic rings. The van der Waals surface area contributed by atoms with E-state index in [1.54, 1.807) is 0 Å². The van der Waals surface area contributed by atoms with Crippen LogP contribution in [0.1, 0.15) is 1.43 Å². The Morgan fingerprint density at radius 1 is 0.714 bits per heavy atom. The van der Waals surface area contributed by atoms with Crippen LogP contribution in [0, 0.1) is 0 Å². The zero-order valence-electron chi connectivity index (χ0n) is 12.8. The summed E-state index contributed by atoms with van der Waals surface area (Å²) in [5, 5.41) is 4.90. The van der Waals surface area contributed by atoms with Gasteiger partial charge in [0.2, 0.25) is 0 Å². The van der Waals surface area contributed by atoms with Crippen LogP contribution in [0.3, 0.4) is 0 Å². The van der Waals surface area contributed by atoms with Crippen molar-refractivity contribution in [2.45, 2.75) is 0 Å². The molecule has 21 heavy (non-hydrogen) atoms. The number of nitrogens with zero attached hydrogens (tertiary/aromatic N) is 2. The van der Waals surface area contributed by atoms with Crippen molar-refractivity contribution in [2.24, 2.45) is 0 Å². The van der Waals surface area contributed by atoms with Gasteiger partial charge < -0.3 is 1.43 Å². The minimum Gasteiger partial charge on any atom is -1.00 e. The molecule has 0 amide bonds. The van der Waals surface area contributed by atoms with E-state index in [1.165, 1.54) is 32.7 Å². The fourth-order valence-electron chi connectivity index (χ4n) is 2.72. The molecule has 2 nitrogen and oxygen atoms in total. The summed E-state index contributed by atoms with van der Waals surface area (Å²) in [7, 11) is 0. The normalized spacial score (nSPS) is 10.5. The summed E-state index contributed by atoms with van der Waals surface area (Å²) in [6.45, 7) is 0. The molecule has 3 heteroatoms. The van der Waals surface area contributed by atoms with Crippen LogP contribution in [-0.2, 0) is 0 Å². The van der Waals surface area contributed by atoms with E-state index in [9.17, 15) is 0 Å². The van der Waals surface area contributed by atoms with Crippen molar-refractivity contribution < 1.29 is 31.0 Å². The Bertz CT molecular complexity index is 910. The quantitative estimate of drug-likeness (QED) is 0.391. The van der Waals surface area contributed by atoms with Crippen LogP contribution in [0.2, 0.25) is 0 Å². The van der Waals surface area contributed by atoms with Crippen molar-refractivity contribution in [1.82, 2.24) is 9.97 Å². The third-order valence-electron chi connectivity index (χ3n) is 3.65. The van der Waals surface area contributed by atoms with E-state index in [0.717, 1.165) is 0 Å². The molecule has 2 heterocycles. The third-order valence-corrected chi connectivity index (χ3v) is 3.65. The van der Waals surface area contributed by atoms with Crippen LogP contribution < -0.4 is 29.6 Å². The fraction of sp³-hybridized carbons (Fsp3) is 0. The minimum atomic E-state index is 0. The predicted molar refractivity (Wildman–Crippen MR) is 83.6 cm³/mol. The summed E-state index contributed by atoms with van der Waals surface area (Å²) in [5.74, 6) is 0. The molecule has 0 bridgehead atoms. The maximum absolute atomic E-state index is 4.29. The molecular weight excluding hydrogens is 267 g/mol. The molecule has 4 aromatic rings. The molecule has 0 atom stereocenters. The summed E-state index contributed by atoms with van der Waals surface area (Å²) in [4.78, 5) is 8.39. The molecule has 0 fully saturated rings. The summed E-state index contributed by atoms with van der Waals surface area (Å²) in [6.07, 6.45) is 7.46. The number of rotatable bonds is 1. The Balaban J connectivity index is 0.000000882. The van der Waals surface area contributed by atoms with Crippen molar-refractivity contribution in [1.29, 1.82) is 0 Å². The molecule has 0 aliphatic carbocycles. The van der Waals surface area contributed by atoms with Crippen LogP contribution in [0.25, 0.3) is 32.7 Å². The van der Waals surface area contributed by atoms with Gasteiger partial charge >= 0.3 is 29.6 Å². The van der Waals surface area contributed by atoms with E-state index >= 15 is 0 Å². The Hall–Kier alpha value is -1.74. The maximum atomic E-state index is 4.29. The van der Waals surface area contributed by atoms with Crippen molar-refractivity contribution in [2.75, 3.05) is 0 Å². The topological polar surface area (TPSA) is 25.8 Å². The largest absolute Gasteiger partial charge is 1.00 e. The molecule has 0 radical (unpaired) electrons. The van der Waals surface area contributed by atoms with Gasteiger partial charge in [-0.2, -0.15) is 0 Å². The SMILES string of the molecule is [H-].[Na+].c1ccc2c(c1)cc(-c1ccncc1)c1ccncc12. The number of pyridine rings is 2. The van der Waals surface area contributed by atoms with Crippen LogP contribution in [0.5, 0.6) is 0 Å². The van der Waals surface area contributed by atoms with Crippen molar-refractivity contribution in [3.8, 4) is 11.1 Å². The molecule has 0 saturated carbocycles. The van der Waals surface area contributed by atoms with Crippen LogP contribution >= 0.6 is 0 Å². The van der Waals surface area contributed by atoms with Gasteiger partial charge in [0.25, 0.3) is 0 Å².